The zero-order chi connectivity index (χ0) is 15.9. The first kappa shape index (κ1) is 16.7. The van der Waals surface area contributed by atoms with E-state index in [1.807, 2.05) is 0 Å². The fraction of sp³-hybridized carbons (Fsp3) is 0.429. The lowest BCUT2D eigenvalue weighted by Crippen LogP contribution is -2.24. The maximum Gasteiger partial charge on any atom is 0.270 e. The topological polar surface area (TPSA) is 93.5 Å². The fourth-order valence-electron chi connectivity index (χ4n) is 2.39. The molecule has 0 aliphatic heterocycles. The van der Waals surface area contributed by atoms with Gasteiger partial charge in [-0.05, 0) is 31.1 Å². The van der Waals surface area contributed by atoms with Gasteiger partial charge in [-0.1, -0.05) is 19.3 Å². The summed E-state index contributed by atoms with van der Waals surface area (Å²) in [5, 5.41) is 15.5. The molecular formula is C14H18N4O2S2. The van der Waals surface area contributed by atoms with E-state index in [1.54, 1.807) is 17.8 Å². The summed E-state index contributed by atoms with van der Waals surface area (Å²) in [6, 6.07) is 4.85. The Morgan fingerprint density at radius 2 is 2.18 bits per heavy atom. The first-order valence-corrected chi connectivity index (χ1v) is 8.38. The van der Waals surface area contributed by atoms with E-state index in [0.29, 0.717) is 10.8 Å². The van der Waals surface area contributed by atoms with Crippen molar-refractivity contribution in [2.24, 2.45) is 10.8 Å². The van der Waals surface area contributed by atoms with Crippen LogP contribution >= 0.6 is 24.0 Å². The number of non-ortho nitro benzene ring substituents is 1. The van der Waals surface area contributed by atoms with E-state index in [9.17, 15) is 10.1 Å². The molecule has 1 aromatic rings. The van der Waals surface area contributed by atoms with Crippen molar-refractivity contribution >= 4 is 41.0 Å². The van der Waals surface area contributed by atoms with Crippen LogP contribution in [0, 0.1) is 10.1 Å². The highest BCUT2D eigenvalue weighted by molar-refractivity contribution is 8.00. The largest absolute Gasteiger partial charge is 0.375 e. The van der Waals surface area contributed by atoms with Crippen molar-refractivity contribution in [3.05, 3.63) is 33.9 Å². The summed E-state index contributed by atoms with van der Waals surface area (Å²) in [6.45, 7) is 0. The average Bonchev–Trinajstić information content (AvgIpc) is 2.49. The molecule has 3 N–H and O–H groups in total. The van der Waals surface area contributed by atoms with Crippen molar-refractivity contribution in [2.45, 2.75) is 42.2 Å². The maximum atomic E-state index is 10.9. The zero-order valence-corrected chi connectivity index (χ0v) is 13.7. The predicted octanol–water partition coefficient (Wildman–Crippen LogP) is 3.19. The molecule has 0 spiro atoms. The van der Waals surface area contributed by atoms with Gasteiger partial charge in [0.05, 0.1) is 11.1 Å². The maximum absolute atomic E-state index is 10.9. The summed E-state index contributed by atoms with van der Waals surface area (Å²) in [5.74, 6) is 0. The number of rotatable bonds is 5. The summed E-state index contributed by atoms with van der Waals surface area (Å²) >= 11 is 6.45. The Morgan fingerprint density at radius 1 is 1.45 bits per heavy atom. The third-order valence-corrected chi connectivity index (χ3v) is 4.95. The van der Waals surface area contributed by atoms with Gasteiger partial charge in [0.2, 0.25) is 0 Å². The van der Waals surface area contributed by atoms with Gasteiger partial charge in [0.15, 0.2) is 5.11 Å². The van der Waals surface area contributed by atoms with Crippen molar-refractivity contribution < 1.29 is 4.92 Å². The van der Waals surface area contributed by atoms with Crippen LogP contribution in [0.2, 0.25) is 0 Å². The molecule has 8 heteroatoms. The van der Waals surface area contributed by atoms with Crippen LogP contribution in [-0.4, -0.2) is 21.5 Å². The van der Waals surface area contributed by atoms with E-state index in [1.165, 1.54) is 50.5 Å². The summed E-state index contributed by atoms with van der Waals surface area (Å²) in [7, 11) is 0. The zero-order valence-electron chi connectivity index (χ0n) is 12.0. The van der Waals surface area contributed by atoms with Crippen LogP contribution in [0.1, 0.15) is 37.7 Å². The molecule has 0 aromatic heterocycles. The quantitative estimate of drug-likeness (QED) is 0.371. The Kier molecular flexibility index (Phi) is 6.14. The van der Waals surface area contributed by atoms with Gasteiger partial charge in [-0.2, -0.15) is 5.10 Å². The monoisotopic (exact) mass is 338 g/mol. The van der Waals surface area contributed by atoms with Crippen molar-refractivity contribution in [3.8, 4) is 0 Å². The second kappa shape index (κ2) is 8.09. The Balaban J connectivity index is 2.20. The number of hydrazone groups is 1. The first-order valence-electron chi connectivity index (χ1n) is 7.10. The van der Waals surface area contributed by atoms with E-state index < -0.39 is 4.92 Å². The molecule has 0 radical (unpaired) electrons. The van der Waals surface area contributed by atoms with Crippen LogP contribution < -0.4 is 11.2 Å². The Bertz CT molecular complexity index is 586. The Labute approximate surface area is 138 Å². The number of nitro groups is 1. The molecule has 1 aromatic carbocycles. The number of nitrogens with zero attached hydrogens (tertiary/aromatic N) is 2. The summed E-state index contributed by atoms with van der Waals surface area (Å²) in [6.07, 6.45) is 7.68. The lowest BCUT2D eigenvalue weighted by molar-refractivity contribution is -0.384. The minimum atomic E-state index is -0.409. The number of thiocarbonyl (C=S) groups is 1. The number of benzene rings is 1. The standard InChI is InChI=1S/C14H18N4O2S2/c15-14(21)17-16-9-10-8-11(18(19)20)6-7-13(10)22-12-4-2-1-3-5-12/h6-9,12H,1-5H2,(H3,15,17,21). The second-order valence-electron chi connectivity index (χ2n) is 5.09. The lowest BCUT2D eigenvalue weighted by atomic mass is 10.0. The molecule has 0 atom stereocenters. The van der Waals surface area contributed by atoms with Crippen LogP contribution in [0.5, 0.6) is 0 Å². The molecular weight excluding hydrogens is 320 g/mol. The van der Waals surface area contributed by atoms with Gasteiger partial charge >= 0.3 is 0 Å². The molecule has 118 valence electrons. The van der Waals surface area contributed by atoms with E-state index >= 15 is 0 Å². The highest BCUT2D eigenvalue weighted by atomic mass is 32.2. The van der Waals surface area contributed by atoms with Crippen LogP contribution in [0.4, 0.5) is 5.69 Å². The molecule has 0 saturated heterocycles. The lowest BCUT2D eigenvalue weighted by Gasteiger charge is -2.21. The number of hydrogen-bond acceptors (Lipinski definition) is 5. The SMILES string of the molecule is NC(=S)NN=Cc1cc([N+](=O)[O-])ccc1SC1CCCCC1. The van der Waals surface area contributed by atoms with Gasteiger partial charge in [0.1, 0.15) is 0 Å². The molecule has 6 nitrogen and oxygen atoms in total. The van der Waals surface area contributed by atoms with Crippen LogP contribution in [-0.2, 0) is 0 Å². The highest BCUT2D eigenvalue weighted by Gasteiger charge is 2.17. The van der Waals surface area contributed by atoms with Gasteiger partial charge in [0.25, 0.3) is 5.69 Å². The number of nitro benzene ring substituents is 1. The average molecular weight is 338 g/mol. The molecule has 0 bridgehead atoms. The van der Waals surface area contributed by atoms with E-state index in [-0.39, 0.29) is 10.8 Å². The third-order valence-electron chi connectivity index (χ3n) is 3.43. The molecule has 0 amide bonds. The van der Waals surface area contributed by atoms with E-state index in [2.05, 4.69) is 22.7 Å². The van der Waals surface area contributed by atoms with Crippen LogP contribution in [0.3, 0.4) is 0 Å². The molecule has 1 fully saturated rings. The minimum absolute atomic E-state index is 0.0461. The van der Waals surface area contributed by atoms with Crippen molar-refractivity contribution in [1.82, 2.24) is 5.43 Å². The van der Waals surface area contributed by atoms with Crippen LogP contribution in [0.15, 0.2) is 28.2 Å². The van der Waals surface area contributed by atoms with E-state index in [4.69, 9.17) is 5.73 Å². The third kappa shape index (κ3) is 4.96. The Hall–Kier alpha value is -1.67. The molecule has 1 aliphatic carbocycles. The number of thioether (sulfide) groups is 1. The first-order chi connectivity index (χ1) is 10.6. The molecule has 0 unspecified atom stereocenters. The van der Waals surface area contributed by atoms with Gasteiger partial charge < -0.3 is 5.73 Å². The number of hydrogen-bond donors (Lipinski definition) is 2. The fourth-order valence-corrected chi connectivity index (χ4v) is 3.76. The molecule has 1 saturated carbocycles. The molecule has 0 heterocycles. The summed E-state index contributed by atoms with van der Waals surface area (Å²) in [4.78, 5) is 11.5. The summed E-state index contributed by atoms with van der Waals surface area (Å²) in [5.41, 5.74) is 8.54. The molecule has 2 rings (SSSR count). The van der Waals surface area contributed by atoms with E-state index in [0.717, 1.165) is 4.90 Å². The second-order valence-corrected chi connectivity index (χ2v) is 6.87. The van der Waals surface area contributed by atoms with Gasteiger partial charge in [-0.15, -0.1) is 11.8 Å². The highest BCUT2D eigenvalue weighted by Crippen LogP contribution is 2.35. The number of nitrogens with one attached hydrogen (secondary N) is 1. The van der Waals surface area contributed by atoms with Gasteiger partial charge in [-0.3, -0.25) is 15.5 Å². The van der Waals surface area contributed by atoms with Gasteiger partial charge in [-0.25, -0.2) is 0 Å². The van der Waals surface area contributed by atoms with Crippen LogP contribution in [0.25, 0.3) is 0 Å². The Morgan fingerprint density at radius 3 is 2.82 bits per heavy atom. The van der Waals surface area contributed by atoms with Crippen molar-refractivity contribution in [2.75, 3.05) is 0 Å². The normalized spacial score (nSPS) is 15.8. The van der Waals surface area contributed by atoms with Gasteiger partial charge in [0, 0.05) is 27.8 Å². The predicted molar refractivity (Wildman–Crippen MR) is 93.3 cm³/mol. The smallest absolute Gasteiger partial charge is 0.270 e. The minimum Gasteiger partial charge on any atom is -0.375 e. The summed E-state index contributed by atoms with van der Waals surface area (Å²) < 4.78 is 0. The molecule has 22 heavy (non-hydrogen) atoms. The van der Waals surface area contributed by atoms with Crippen molar-refractivity contribution in [3.63, 3.8) is 0 Å². The number of nitrogens with two attached hydrogens (primary N) is 1. The molecule has 1 aliphatic rings. The van der Waals surface area contributed by atoms with Crippen molar-refractivity contribution in [1.29, 1.82) is 0 Å².